The van der Waals surface area contributed by atoms with Crippen molar-refractivity contribution in [2.75, 3.05) is 5.73 Å². The standard InChI is InChI=1S/C14H10BrClFNO2/c15-9-3-8(4-10(17)5-9)7-20-14(19)12-6-11(18)1-2-13(12)16/h1-6H,7,18H2. The maximum absolute atomic E-state index is 13.2. The van der Waals surface area contributed by atoms with Gasteiger partial charge in [0.2, 0.25) is 0 Å². The lowest BCUT2D eigenvalue weighted by atomic mass is 10.2. The predicted octanol–water partition coefficient (Wildman–Crippen LogP) is 4.18. The monoisotopic (exact) mass is 357 g/mol. The number of hydrogen-bond donors (Lipinski definition) is 1. The second-order valence-corrected chi connectivity index (χ2v) is 5.42. The van der Waals surface area contributed by atoms with Crippen molar-refractivity contribution in [2.45, 2.75) is 6.61 Å². The summed E-state index contributed by atoms with van der Waals surface area (Å²) < 4.78 is 18.9. The van der Waals surface area contributed by atoms with Crippen molar-refractivity contribution >= 4 is 39.2 Å². The summed E-state index contributed by atoms with van der Waals surface area (Å²) in [6.07, 6.45) is 0. The van der Waals surface area contributed by atoms with E-state index in [1.807, 2.05) is 0 Å². The number of halogens is 3. The van der Waals surface area contributed by atoms with Crippen LogP contribution in [-0.4, -0.2) is 5.97 Å². The van der Waals surface area contributed by atoms with Gasteiger partial charge in [0.05, 0.1) is 10.6 Å². The summed E-state index contributed by atoms with van der Waals surface area (Å²) in [7, 11) is 0. The van der Waals surface area contributed by atoms with Crippen molar-refractivity contribution in [3.63, 3.8) is 0 Å². The summed E-state index contributed by atoms with van der Waals surface area (Å²) in [5, 5.41) is 0.254. The number of rotatable bonds is 3. The Morgan fingerprint density at radius 1 is 1.30 bits per heavy atom. The Labute approximate surface area is 128 Å². The molecule has 2 aromatic carbocycles. The molecule has 0 atom stereocenters. The molecule has 0 radical (unpaired) electrons. The predicted molar refractivity (Wildman–Crippen MR) is 79.1 cm³/mol. The van der Waals surface area contributed by atoms with Crippen LogP contribution < -0.4 is 5.73 Å². The van der Waals surface area contributed by atoms with Crippen LogP contribution in [0, 0.1) is 5.82 Å². The minimum atomic E-state index is -0.609. The molecule has 0 aliphatic heterocycles. The summed E-state index contributed by atoms with van der Waals surface area (Å²) in [6, 6.07) is 8.82. The number of ether oxygens (including phenoxy) is 1. The van der Waals surface area contributed by atoms with E-state index in [1.54, 1.807) is 12.1 Å². The number of carbonyl (C=O) groups excluding carboxylic acids is 1. The normalized spacial score (nSPS) is 10.3. The third kappa shape index (κ3) is 3.71. The quantitative estimate of drug-likeness (QED) is 0.661. The molecule has 2 aromatic rings. The molecular formula is C14H10BrClFNO2. The fourth-order valence-corrected chi connectivity index (χ4v) is 2.33. The van der Waals surface area contributed by atoms with Crippen LogP contribution in [0.15, 0.2) is 40.9 Å². The average Bonchev–Trinajstić information content (AvgIpc) is 2.38. The third-order valence-electron chi connectivity index (χ3n) is 2.50. The van der Waals surface area contributed by atoms with Gasteiger partial charge in [0.15, 0.2) is 0 Å². The smallest absolute Gasteiger partial charge is 0.340 e. The maximum atomic E-state index is 13.2. The molecule has 0 saturated heterocycles. The molecule has 0 aromatic heterocycles. The minimum Gasteiger partial charge on any atom is -0.457 e. The molecule has 104 valence electrons. The number of anilines is 1. The summed E-state index contributed by atoms with van der Waals surface area (Å²) in [6.45, 7) is -0.0552. The molecule has 0 heterocycles. The van der Waals surface area contributed by atoms with Crippen LogP contribution in [0.1, 0.15) is 15.9 Å². The van der Waals surface area contributed by atoms with Gasteiger partial charge in [0.25, 0.3) is 0 Å². The SMILES string of the molecule is Nc1ccc(Cl)c(C(=O)OCc2cc(F)cc(Br)c2)c1. The lowest BCUT2D eigenvalue weighted by molar-refractivity contribution is 0.0472. The molecule has 0 saturated carbocycles. The minimum absolute atomic E-state index is 0.0552. The summed E-state index contributed by atoms with van der Waals surface area (Å²) in [5.41, 5.74) is 6.72. The summed E-state index contributed by atoms with van der Waals surface area (Å²) >= 11 is 9.07. The van der Waals surface area contributed by atoms with Crippen LogP contribution in [0.4, 0.5) is 10.1 Å². The Morgan fingerprint density at radius 3 is 2.75 bits per heavy atom. The van der Waals surface area contributed by atoms with Gasteiger partial charge in [-0.2, -0.15) is 0 Å². The summed E-state index contributed by atoms with van der Waals surface area (Å²) in [4.78, 5) is 11.9. The van der Waals surface area contributed by atoms with E-state index in [2.05, 4.69) is 15.9 Å². The van der Waals surface area contributed by atoms with E-state index in [1.165, 1.54) is 24.3 Å². The molecule has 0 unspecified atom stereocenters. The Bertz CT molecular complexity index is 643. The first kappa shape index (κ1) is 14.8. The van der Waals surface area contributed by atoms with Gasteiger partial charge < -0.3 is 10.5 Å². The van der Waals surface area contributed by atoms with E-state index in [4.69, 9.17) is 22.1 Å². The van der Waals surface area contributed by atoms with Crippen LogP contribution in [0.5, 0.6) is 0 Å². The molecule has 0 spiro atoms. The van der Waals surface area contributed by atoms with Gasteiger partial charge in [-0.25, -0.2) is 9.18 Å². The highest BCUT2D eigenvalue weighted by atomic mass is 79.9. The van der Waals surface area contributed by atoms with Crippen molar-refractivity contribution in [2.24, 2.45) is 0 Å². The van der Waals surface area contributed by atoms with Crippen LogP contribution >= 0.6 is 27.5 Å². The van der Waals surface area contributed by atoms with E-state index in [9.17, 15) is 9.18 Å². The van der Waals surface area contributed by atoms with Gasteiger partial charge >= 0.3 is 5.97 Å². The number of benzene rings is 2. The van der Waals surface area contributed by atoms with E-state index in [-0.39, 0.29) is 17.2 Å². The zero-order chi connectivity index (χ0) is 14.7. The van der Waals surface area contributed by atoms with Gasteiger partial charge in [0, 0.05) is 10.2 Å². The number of nitrogen functional groups attached to an aromatic ring is 1. The van der Waals surface area contributed by atoms with Gasteiger partial charge in [-0.15, -0.1) is 0 Å². The fraction of sp³-hybridized carbons (Fsp3) is 0.0714. The third-order valence-corrected chi connectivity index (χ3v) is 3.29. The first-order chi connectivity index (χ1) is 9.45. The molecule has 0 bridgehead atoms. The van der Waals surface area contributed by atoms with E-state index in [0.717, 1.165) is 0 Å². The van der Waals surface area contributed by atoms with Gasteiger partial charge in [0.1, 0.15) is 12.4 Å². The molecule has 20 heavy (non-hydrogen) atoms. The Hall–Kier alpha value is -1.59. The van der Waals surface area contributed by atoms with E-state index >= 15 is 0 Å². The van der Waals surface area contributed by atoms with E-state index < -0.39 is 11.8 Å². The molecule has 2 rings (SSSR count). The van der Waals surface area contributed by atoms with Crippen molar-refractivity contribution in [3.05, 3.63) is 62.8 Å². The second kappa shape index (κ2) is 6.24. The molecule has 2 N–H and O–H groups in total. The highest BCUT2D eigenvalue weighted by molar-refractivity contribution is 9.10. The van der Waals surface area contributed by atoms with Crippen molar-refractivity contribution in [1.29, 1.82) is 0 Å². The lowest BCUT2D eigenvalue weighted by Gasteiger charge is -2.07. The first-order valence-electron chi connectivity index (χ1n) is 5.63. The Kier molecular flexibility index (Phi) is 4.62. The zero-order valence-electron chi connectivity index (χ0n) is 10.2. The number of hydrogen-bond acceptors (Lipinski definition) is 3. The van der Waals surface area contributed by atoms with Crippen molar-refractivity contribution in [1.82, 2.24) is 0 Å². The van der Waals surface area contributed by atoms with Crippen LogP contribution in [0.2, 0.25) is 5.02 Å². The van der Waals surface area contributed by atoms with E-state index in [0.29, 0.717) is 15.7 Å². The van der Waals surface area contributed by atoms with Gasteiger partial charge in [-0.05, 0) is 42.0 Å². The van der Waals surface area contributed by atoms with Crippen LogP contribution in [0.25, 0.3) is 0 Å². The number of carbonyl (C=O) groups is 1. The molecule has 0 aliphatic rings. The highest BCUT2D eigenvalue weighted by Gasteiger charge is 2.12. The summed E-state index contributed by atoms with van der Waals surface area (Å²) in [5.74, 6) is -1.02. The molecule has 0 fully saturated rings. The lowest BCUT2D eigenvalue weighted by Crippen LogP contribution is -2.07. The zero-order valence-corrected chi connectivity index (χ0v) is 12.5. The van der Waals surface area contributed by atoms with Gasteiger partial charge in [-0.3, -0.25) is 0 Å². The number of esters is 1. The molecule has 3 nitrogen and oxygen atoms in total. The fourth-order valence-electron chi connectivity index (χ4n) is 1.62. The maximum Gasteiger partial charge on any atom is 0.340 e. The Morgan fingerprint density at radius 2 is 2.05 bits per heavy atom. The second-order valence-electron chi connectivity index (χ2n) is 4.09. The van der Waals surface area contributed by atoms with Crippen molar-refractivity contribution in [3.8, 4) is 0 Å². The van der Waals surface area contributed by atoms with Crippen LogP contribution in [-0.2, 0) is 11.3 Å². The average molecular weight is 359 g/mol. The van der Waals surface area contributed by atoms with Crippen molar-refractivity contribution < 1.29 is 13.9 Å². The number of nitrogens with two attached hydrogens (primary N) is 1. The largest absolute Gasteiger partial charge is 0.457 e. The van der Waals surface area contributed by atoms with Crippen LogP contribution in [0.3, 0.4) is 0 Å². The Balaban J connectivity index is 2.10. The molecular weight excluding hydrogens is 349 g/mol. The molecule has 0 amide bonds. The van der Waals surface area contributed by atoms with Gasteiger partial charge in [-0.1, -0.05) is 27.5 Å². The topological polar surface area (TPSA) is 52.3 Å². The first-order valence-corrected chi connectivity index (χ1v) is 6.80. The highest BCUT2D eigenvalue weighted by Crippen LogP contribution is 2.21. The molecule has 6 heteroatoms. The molecule has 0 aliphatic carbocycles.